The van der Waals surface area contributed by atoms with Gasteiger partial charge in [0.1, 0.15) is 0 Å². The third-order valence-corrected chi connectivity index (χ3v) is 26.0. The fourth-order valence-corrected chi connectivity index (χ4v) is 22.4. The monoisotopic (exact) mass is 684 g/mol. The zero-order valence-corrected chi connectivity index (χ0v) is 31.5. The molecule has 0 aliphatic heterocycles. The van der Waals surface area contributed by atoms with Crippen LogP contribution >= 0.6 is 0 Å². The average Bonchev–Trinajstić information content (AvgIpc) is 2.90. The number of fused-ring (bicyclic) bond motifs is 1. The van der Waals surface area contributed by atoms with Gasteiger partial charge in [-0.3, -0.25) is 0 Å². The summed E-state index contributed by atoms with van der Waals surface area (Å²) in [4.78, 5) is 14.1. The van der Waals surface area contributed by atoms with E-state index in [0.29, 0.717) is 6.61 Å². The van der Waals surface area contributed by atoms with Crippen LogP contribution in [0.3, 0.4) is 0 Å². The van der Waals surface area contributed by atoms with E-state index in [2.05, 4.69) is 77.4 Å². The van der Waals surface area contributed by atoms with Crippen LogP contribution in [0.4, 0.5) is 0 Å². The maximum atomic E-state index is 14.1. The Balaban J connectivity index is 2.43. The third kappa shape index (κ3) is 9.70. The summed E-state index contributed by atoms with van der Waals surface area (Å²) in [7, 11) is -1.20. The van der Waals surface area contributed by atoms with Crippen LogP contribution in [0, 0.1) is 29.1 Å². The van der Waals surface area contributed by atoms with Crippen molar-refractivity contribution >= 4 is 32.4 Å². The Bertz CT molecular complexity index is 813. The minimum absolute atomic E-state index is 0.00676. The van der Waals surface area contributed by atoms with Crippen molar-refractivity contribution in [1.29, 1.82) is 0 Å². The number of rotatable bonds is 17. The molecule has 2 aliphatic carbocycles. The van der Waals surface area contributed by atoms with Crippen LogP contribution in [-0.4, -0.2) is 57.0 Å². The zero-order valence-electron chi connectivity index (χ0n) is 27.7. The van der Waals surface area contributed by atoms with Crippen LogP contribution in [0.25, 0.3) is 0 Å². The predicted octanol–water partition coefficient (Wildman–Crippen LogP) is 9.39. The standard InChI is InChI=1S/C22H37O4Si.3C4H9.Sn/c1-8-18-16(3)13-17-19(10-9-15(2)20(17)23)22(18,4)21(24)26-14-25-11-12-27(5,6)7;3*1-3-4-2;/h1,8,13,15,17-20,23H,9-12,14H2,2-7H3;3*1,3-4H2,2H3;/t15-,17+,18-,19-,20+,22-;;;;/m0..../s1. The molecule has 0 saturated heterocycles. The van der Waals surface area contributed by atoms with Crippen LogP contribution in [0.5, 0.6) is 0 Å². The Morgan fingerprint density at radius 1 is 1.07 bits per heavy atom. The van der Waals surface area contributed by atoms with Crippen LogP contribution in [0.2, 0.25) is 39.0 Å². The Morgan fingerprint density at radius 2 is 1.65 bits per heavy atom. The number of carbonyl (C=O) groups excluding carboxylic acids is 1. The van der Waals surface area contributed by atoms with Crippen molar-refractivity contribution < 1.29 is 19.4 Å². The van der Waals surface area contributed by atoms with Crippen LogP contribution in [-0.2, 0) is 14.3 Å². The Morgan fingerprint density at radius 3 is 2.17 bits per heavy atom. The first kappa shape index (κ1) is 36.1. The number of aliphatic hydroxyl groups excluding tert-OH is 1. The van der Waals surface area contributed by atoms with Crippen molar-refractivity contribution in [3.05, 3.63) is 21.8 Å². The van der Waals surface area contributed by atoms with Gasteiger partial charge in [0.2, 0.25) is 0 Å². The van der Waals surface area contributed by atoms with Crippen LogP contribution in [0.1, 0.15) is 92.9 Å². The zero-order chi connectivity index (χ0) is 30.0. The van der Waals surface area contributed by atoms with Crippen LogP contribution < -0.4 is 0 Å². The molecule has 2 aliphatic rings. The van der Waals surface area contributed by atoms with Crippen molar-refractivity contribution in [3.8, 4) is 0 Å². The van der Waals surface area contributed by atoms with Crippen molar-refractivity contribution in [3.63, 3.8) is 0 Å². The summed E-state index contributed by atoms with van der Waals surface area (Å²) in [6.07, 6.45) is 14.1. The fourth-order valence-electron chi connectivity index (χ4n) is 7.28. The Labute approximate surface area is 253 Å². The van der Waals surface area contributed by atoms with E-state index in [1.807, 2.05) is 0 Å². The van der Waals surface area contributed by atoms with Crippen LogP contribution in [0.15, 0.2) is 21.8 Å². The van der Waals surface area contributed by atoms with Gasteiger partial charge in [0, 0.05) is 0 Å². The molecule has 0 aromatic heterocycles. The first-order chi connectivity index (χ1) is 18.8. The van der Waals surface area contributed by atoms with Gasteiger partial charge < -0.3 is 0 Å². The maximum absolute atomic E-state index is 14.1. The predicted molar refractivity (Wildman–Crippen MR) is 176 cm³/mol. The topological polar surface area (TPSA) is 55.8 Å². The van der Waals surface area contributed by atoms with Crippen molar-refractivity contribution in [2.24, 2.45) is 29.1 Å². The van der Waals surface area contributed by atoms with Gasteiger partial charge >= 0.3 is 254 Å². The van der Waals surface area contributed by atoms with Gasteiger partial charge in [-0.05, 0) is 0 Å². The molecule has 0 spiro atoms. The van der Waals surface area contributed by atoms with E-state index in [9.17, 15) is 9.90 Å². The Hall–Kier alpha value is -0.114. The molecule has 0 bridgehead atoms. The summed E-state index contributed by atoms with van der Waals surface area (Å²) < 4.78 is 18.8. The summed E-state index contributed by atoms with van der Waals surface area (Å²) >= 11 is -2.55. The molecular weight excluding hydrogens is 619 g/mol. The normalized spacial score (nSPS) is 29.4. The van der Waals surface area contributed by atoms with E-state index in [-0.39, 0.29) is 36.4 Å². The number of esters is 1. The number of allylic oxidation sites excluding steroid dienone is 2. The second-order valence-corrected chi connectivity index (χ2v) is 33.3. The molecule has 0 amide bonds. The number of hydrogen-bond donors (Lipinski definition) is 1. The van der Waals surface area contributed by atoms with Crippen molar-refractivity contribution in [1.82, 2.24) is 0 Å². The SMILES string of the molecule is CCC[CH2][Sn](/[CH]=C/[C@H]1C(C)=C[C@H]2[C@H](O)[C@@H](C)CC[C@@H]2[C@@]1(C)C(=O)OCOCC[Si](C)(C)C)([CH2]CCC)[CH2]CCC. The van der Waals surface area contributed by atoms with Gasteiger partial charge in [-0.1, -0.05) is 0 Å². The summed E-state index contributed by atoms with van der Waals surface area (Å²) in [6.45, 7) is 21.1. The van der Waals surface area contributed by atoms with E-state index in [4.69, 9.17) is 9.47 Å². The number of ether oxygens (including phenoxy) is 2. The molecule has 0 heterocycles. The quantitative estimate of drug-likeness (QED) is 0.0546. The number of hydrogen-bond acceptors (Lipinski definition) is 4. The molecule has 6 atom stereocenters. The first-order valence-electron chi connectivity index (χ1n) is 16.7. The van der Waals surface area contributed by atoms with Crippen molar-refractivity contribution in [2.45, 2.75) is 138 Å². The number of carbonyl (C=O) groups is 1. The molecule has 4 nitrogen and oxygen atoms in total. The number of unbranched alkanes of at least 4 members (excludes halogenated alkanes) is 3. The van der Waals surface area contributed by atoms with Gasteiger partial charge in [-0.2, -0.15) is 0 Å². The van der Waals surface area contributed by atoms with E-state index in [1.54, 1.807) is 0 Å². The van der Waals surface area contributed by atoms with E-state index in [1.165, 1.54) is 57.4 Å². The molecule has 2 rings (SSSR count). The molecule has 1 saturated carbocycles. The molecule has 0 aromatic carbocycles. The van der Waals surface area contributed by atoms with Crippen molar-refractivity contribution in [2.75, 3.05) is 13.4 Å². The molecule has 0 aromatic rings. The number of aliphatic hydroxyl groups is 1. The molecule has 6 heteroatoms. The van der Waals surface area contributed by atoms with Gasteiger partial charge in [-0.15, -0.1) is 0 Å². The molecular formula is C34H64O4SiSn. The fraction of sp³-hybridized carbons (Fsp3) is 0.853. The summed E-state index contributed by atoms with van der Waals surface area (Å²) in [5.41, 5.74) is 0.535. The van der Waals surface area contributed by atoms with Gasteiger partial charge in [0.05, 0.1) is 0 Å². The average molecular weight is 684 g/mol. The summed E-state index contributed by atoms with van der Waals surface area (Å²) in [6, 6.07) is 1.06. The van der Waals surface area contributed by atoms with E-state index < -0.39 is 38.0 Å². The van der Waals surface area contributed by atoms with E-state index >= 15 is 0 Å². The second kappa shape index (κ2) is 16.7. The molecule has 0 unspecified atom stereocenters. The minimum atomic E-state index is -2.55. The van der Waals surface area contributed by atoms with Gasteiger partial charge in [-0.25, -0.2) is 0 Å². The Kier molecular flexibility index (Phi) is 15.0. The molecule has 0 radical (unpaired) electrons. The van der Waals surface area contributed by atoms with Gasteiger partial charge in [0.25, 0.3) is 0 Å². The summed E-state index contributed by atoms with van der Waals surface area (Å²) in [5.74, 6) is 0.217. The second-order valence-electron chi connectivity index (χ2n) is 14.7. The molecule has 232 valence electrons. The van der Waals surface area contributed by atoms with E-state index in [0.717, 1.165) is 18.9 Å². The van der Waals surface area contributed by atoms with Gasteiger partial charge in [0.15, 0.2) is 0 Å². The molecule has 1 fully saturated rings. The molecule has 1 N–H and O–H groups in total. The summed E-state index contributed by atoms with van der Waals surface area (Å²) in [5, 5.41) is 11.2. The molecule has 40 heavy (non-hydrogen) atoms. The first-order valence-corrected chi connectivity index (χ1v) is 28.1. The third-order valence-electron chi connectivity index (χ3n) is 10.2.